The molecular weight excluding hydrogens is 455 g/mol. The monoisotopic (exact) mass is 480 g/mol. The number of urea groups is 1. The van der Waals surface area contributed by atoms with E-state index in [-0.39, 0.29) is 17.7 Å². The third kappa shape index (κ3) is 3.86. The predicted molar refractivity (Wildman–Crippen MR) is 136 cm³/mol. The molecule has 0 fully saturated rings. The highest BCUT2D eigenvalue weighted by Gasteiger charge is 2.37. The maximum Gasteiger partial charge on any atom is 0.326 e. The minimum absolute atomic E-state index is 0.282. The Kier molecular flexibility index (Phi) is 5.40. The lowest BCUT2D eigenvalue weighted by atomic mass is 9.94. The molecule has 7 heteroatoms. The van der Waals surface area contributed by atoms with Crippen LogP contribution in [-0.4, -0.2) is 16.2 Å². The summed E-state index contributed by atoms with van der Waals surface area (Å²) in [5, 5.41) is 7.27. The first-order valence-electron chi connectivity index (χ1n) is 12.1. The van der Waals surface area contributed by atoms with E-state index < -0.39 is 6.04 Å². The number of carbonyl (C=O) groups is 1. The van der Waals surface area contributed by atoms with Gasteiger partial charge in [-0.15, -0.1) is 0 Å². The summed E-state index contributed by atoms with van der Waals surface area (Å²) in [5.41, 5.74) is 7.18. The normalized spacial score (nSPS) is 17.4. The summed E-state index contributed by atoms with van der Waals surface area (Å²) >= 11 is 0. The molecule has 2 aliphatic rings. The first-order valence-corrected chi connectivity index (χ1v) is 12.1. The van der Waals surface area contributed by atoms with Gasteiger partial charge in [0, 0.05) is 11.3 Å². The van der Waals surface area contributed by atoms with E-state index in [1.165, 1.54) is 23.3 Å². The zero-order valence-electron chi connectivity index (χ0n) is 20.1. The van der Waals surface area contributed by atoms with Gasteiger partial charge in [0.15, 0.2) is 0 Å². The summed E-state index contributed by atoms with van der Waals surface area (Å²) < 4.78 is 19.9. The minimum Gasteiger partial charge on any atom is -0.334 e. The molecule has 1 atom stereocenters. The molecule has 1 N–H and O–H groups in total. The molecule has 0 saturated heterocycles. The zero-order chi connectivity index (χ0) is 24.8. The number of hydrogen-bond acceptors (Lipinski definition) is 4. The number of amides is 2. The highest BCUT2D eigenvalue weighted by molar-refractivity contribution is 6.01. The fraction of sp³-hybridized carbons (Fsp3) is 0.207. The highest BCUT2D eigenvalue weighted by Crippen LogP contribution is 2.40. The molecule has 6 nitrogen and oxygen atoms in total. The Bertz CT molecular complexity index is 1520. The number of nitrogens with zero attached hydrogens (tertiary/aromatic N) is 3. The Morgan fingerprint density at radius 3 is 2.67 bits per heavy atom. The SMILES string of the molecule is CC1=C(c2nc(-c3cccc(C)c3)no2)C(c2cccc(F)c2)NC(=O)N1c1ccc2c(c1)CCC2. The zero-order valence-corrected chi connectivity index (χ0v) is 20.1. The second-order valence-corrected chi connectivity index (χ2v) is 9.37. The van der Waals surface area contributed by atoms with Crippen LogP contribution in [0.1, 0.15) is 47.5 Å². The lowest BCUT2D eigenvalue weighted by molar-refractivity contribution is 0.244. The Morgan fingerprint density at radius 1 is 1.00 bits per heavy atom. The van der Waals surface area contributed by atoms with Gasteiger partial charge in [0.25, 0.3) is 5.89 Å². The molecule has 1 aliphatic carbocycles. The van der Waals surface area contributed by atoms with Crippen LogP contribution in [0, 0.1) is 12.7 Å². The van der Waals surface area contributed by atoms with E-state index in [1.807, 2.05) is 44.2 Å². The molecule has 1 aromatic heterocycles. The molecular formula is C29H25FN4O2. The van der Waals surface area contributed by atoms with Gasteiger partial charge in [-0.25, -0.2) is 9.18 Å². The molecule has 2 heterocycles. The van der Waals surface area contributed by atoms with E-state index in [0.717, 1.165) is 36.1 Å². The molecule has 4 aromatic rings. The van der Waals surface area contributed by atoms with Gasteiger partial charge in [-0.1, -0.05) is 47.1 Å². The largest absolute Gasteiger partial charge is 0.334 e. The van der Waals surface area contributed by atoms with Crippen LogP contribution < -0.4 is 10.2 Å². The molecule has 36 heavy (non-hydrogen) atoms. The number of benzene rings is 3. The van der Waals surface area contributed by atoms with Crippen molar-refractivity contribution in [1.29, 1.82) is 0 Å². The molecule has 0 saturated carbocycles. The van der Waals surface area contributed by atoms with Gasteiger partial charge in [0.05, 0.1) is 17.3 Å². The van der Waals surface area contributed by atoms with Crippen molar-refractivity contribution in [2.45, 2.75) is 39.2 Å². The third-order valence-electron chi connectivity index (χ3n) is 6.94. The fourth-order valence-corrected chi connectivity index (χ4v) is 5.20. The van der Waals surface area contributed by atoms with Crippen molar-refractivity contribution in [3.8, 4) is 11.4 Å². The number of allylic oxidation sites excluding steroid dienone is 1. The second kappa shape index (κ2) is 8.75. The number of aryl methyl sites for hydroxylation is 3. The van der Waals surface area contributed by atoms with Crippen LogP contribution in [0.2, 0.25) is 0 Å². The first-order chi connectivity index (χ1) is 17.5. The Hall–Kier alpha value is -4.26. The van der Waals surface area contributed by atoms with E-state index in [2.05, 4.69) is 22.6 Å². The van der Waals surface area contributed by atoms with Crippen LogP contribution in [0.4, 0.5) is 14.9 Å². The molecule has 0 radical (unpaired) electrons. The van der Waals surface area contributed by atoms with E-state index in [9.17, 15) is 9.18 Å². The summed E-state index contributed by atoms with van der Waals surface area (Å²) in [5.74, 6) is 0.350. The standard InChI is InChI=1S/C29H25FN4O2/c1-17-6-3-10-22(14-17)27-32-28(36-33-27)25-18(2)34(24-13-12-19-7-4-8-20(19)16-24)29(35)31-26(25)21-9-5-11-23(30)15-21/h3,5-6,9-16,26H,4,7-8H2,1-2H3,(H,31,35). The average Bonchev–Trinajstić information content (AvgIpc) is 3.53. The molecule has 6 rings (SSSR count). The summed E-state index contributed by atoms with van der Waals surface area (Å²) in [6.07, 6.45) is 3.19. The highest BCUT2D eigenvalue weighted by atomic mass is 19.1. The van der Waals surface area contributed by atoms with Gasteiger partial charge >= 0.3 is 6.03 Å². The minimum atomic E-state index is -0.648. The number of fused-ring (bicyclic) bond motifs is 1. The number of nitrogens with one attached hydrogen (secondary N) is 1. The van der Waals surface area contributed by atoms with Crippen molar-refractivity contribution in [2.75, 3.05) is 4.90 Å². The van der Waals surface area contributed by atoms with Crippen molar-refractivity contribution in [2.24, 2.45) is 0 Å². The lowest BCUT2D eigenvalue weighted by Gasteiger charge is -2.35. The third-order valence-corrected chi connectivity index (χ3v) is 6.94. The molecule has 180 valence electrons. The van der Waals surface area contributed by atoms with Crippen LogP contribution in [0.15, 0.2) is 77.0 Å². The second-order valence-electron chi connectivity index (χ2n) is 9.37. The van der Waals surface area contributed by atoms with Crippen LogP contribution in [0.3, 0.4) is 0 Å². The van der Waals surface area contributed by atoms with Crippen molar-refractivity contribution in [1.82, 2.24) is 15.5 Å². The molecule has 0 spiro atoms. The van der Waals surface area contributed by atoms with E-state index in [4.69, 9.17) is 9.51 Å². The van der Waals surface area contributed by atoms with Gasteiger partial charge in [-0.3, -0.25) is 4.90 Å². The average molecular weight is 481 g/mol. The molecule has 2 amide bonds. The van der Waals surface area contributed by atoms with Crippen LogP contribution in [0.5, 0.6) is 0 Å². The fourth-order valence-electron chi connectivity index (χ4n) is 5.20. The van der Waals surface area contributed by atoms with E-state index in [1.54, 1.807) is 17.0 Å². The van der Waals surface area contributed by atoms with Crippen LogP contribution in [0.25, 0.3) is 17.0 Å². The molecule has 1 aliphatic heterocycles. The van der Waals surface area contributed by atoms with Gasteiger partial charge in [-0.2, -0.15) is 4.98 Å². The Morgan fingerprint density at radius 2 is 1.83 bits per heavy atom. The van der Waals surface area contributed by atoms with Gasteiger partial charge in [0.1, 0.15) is 5.82 Å². The molecule has 1 unspecified atom stereocenters. The summed E-state index contributed by atoms with van der Waals surface area (Å²) in [6, 6.07) is 19.3. The van der Waals surface area contributed by atoms with Crippen LogP contribution >= 0.6 is 0 Å². The number of carbonyl (C=O) groups excluding carboxylic acids is 1. The summed E-state index contributed by atoms with van der Waals surface area (Å²) in [6.45, 7) is 3.87. The smallest absolute Gasteiger partial charge is 0.326 e. The summed E-state index contributed by atoms with van der Waals surface area (Å²) in [7, 11) is 0. The maximum atomic E-state index is 14.2. The van der Waals surface area contributed by atoms with E-state index in [0.29, 0.717) is 22.7 Å². The maximum absolute atomic E-state index is 14.2. The topological polar surface area (TPSA) is 71.3 Å². The number of rotatable bonds is 4. The number of hydrogen-bond donors (Lipinski definition) is 1. The predicted octanol–water partition coefficient (Wildman–Crippen LogP) is 6.37. The molecule has 0 bridgehead atoms. The quantitative estimate of drug-likeness (QED) is 0.368. The van der Waals surface area contributed by atoms with Crippen molar-refractivity contribution in [3.63, 3.8) is 0 Å². The first kappa shape index (κ1) is 22.2. The number of halogens is 1. The van der Waals surface area contributed by atoms with Crippen molar-refractivity contribution >= 4 is 17.3 Å². The van der Waals surface area contributed by atoms with Crippen molar-refractivity contribution < 1.29 is 13.7 Å². The van der Waals surface area contributed by atoms with Gasteiger partial charge < -0.3 is 9.84 Å². The summed E-state index contributed by atoms with van der Waals surface area (Å²) in [4.78, 5) is 19.8. The Balaban J connectivity index is 1.49. The van der Waals surface area contributed by atoms with Crippen LogP contribution in [-0.2, 0) is 12.8 Å². The lowest BCUT2D eigenvalue weighted by Crippen LogP contribution is -2.46. The Labute approximate surface area is 208 Å². The van der Waals surface area contributed by atoms with E-state index >= 15 is 0 Å². The van der Waals surface area contributed by atoms with Gasteiger partial charge in [-0.05, 0) is 80.1 Å². The number of anilines is 1. The van der Waals surface area contributed by atoms with Crippen molar-refractivity contribution in [3.05, 3.63) is 106 Å². The van der Waals surface area contributed by atoms with Gasteiger partial charge in [0.2, 0.25) is 5.82 Å². The number of aromatic nitrogens is 2. The molecule has 3 aromatic carbocycles.